The number of aliphatic hydroxyl groups is 1. The van der Waals surface area contributed by atoms with Crippen molar-refractivity contribution < 1.29 is 28.4 Å². The van der Waals surface area contributed by atoms with E-state index in [2.05, 4.69) is 5.32 Å². The van der Waals surface area contributed by atoms with Gasteiger partial charge in [0.2, 0.25) is 0 Å². The predicted molar refractivity (Wildman–Crippen MR) is 100 cm³/mol. The Labute approximate surface area is 159 Å². The van der Waals surface area contributed by atoms with Gasteiger partial charge in [-0.25, -0.2) is 0 Å². The van der Waals surface area contributed by atoms with Crippen molar-refractivity contribution >= 4 is 19.7 Å². The quantitative estimate of drug-likeness (QED) is 0.610. The molecule has 0 aromatic carbocycles. The van der Waals surface area contributed by atoms with Crippen LogP contribution in [0.15, 0.2) is 17.5 Å². The Morgan fingerprint density at radius 2 is 2.08 bits per heavy atom. The van der Waals surface area contributed by atoms with Gasteiger partial charge in [-0.3, -0.25) is 0 Å². The molecule has 0 bridgehead atoms. The molecule has 1 aromatic heterocycles. The van der Waals surface area contributed by atoms with Crippen LogP contribution in [0.3, 0.4) is 0 Å². The maximum absolute atomic E-state index is 10.8. The molecule has 1 aromatic rings. The zero-order chi connectivity index (χ0) is 18.4. The van der Waals surface area contributed by atoms with E-state index in [1.54, 1.807) is 11.3 Å². The summed E-state index contributed by atoms with van der Waals surface area (Å²) in [4.78, 5) is 1.00. The standard InChI is InChI=1S/C17H28NO6PS/c1-3-22-25(23-4-2)8-7-18-12-10-20-13-11-21-17(14-6-5-9-26-14)24-16(13)15(12)19/h5-6,9,12-13,15-19H,3-4,7-8,10-11H2,1-2H3. The summed E-state index contributed by atoms with van der Waals surface area (Å²) in [5.41, 5.74) is 0. The topological polar surface area (TPSA) is 78.4 Å². The number of nitrogens with one attached hydrogen (secondary N) is 1. The molecule has 26 heavy (non-hydrogen) atoms. The van der Waals surface area contributed by atoms with E-state index in [9.17, 15) is 5.11 Å². The van der Waals surface area contributed by atoms with Gasteiger partial charge in [0, 0.05) is 12.7 Å². The van der Waals surface area contributed by atoms with Crippen LogP contribution in [0.25, 0.3) is 0 Å². The lowest BCUT2D eigenvalue weighted by Gasteiger charge is -2.44. The van der Waals surface area contributed by atoms with Gasteiger partial charge >= 0.3 is 0 Å². The van der Waals surface area contributed by atoms with Gasteiger partial charge in [-0.15, -0.1) is 11.3 Å². The largest absolute Gasteiger partial charge is 0.389 e. The van der Waals surface area contributed by atoms with Crippen LogP contribution in [0.2, 0.25) is 0 Å². The predicted octanol–water partition coefficient (Wildman–Crippen LogP) is 2.26. The third-order valence-electron chi connectivity index (χ3n) is 4.32. The summed E-state index contributed by atoms with van der Waals surface area (Å²) in [5, 5.41) is 16.1. The van der Waals surface area contributed by atoms with Gasteiger partial charge in [-0.1, -0.05) is 6.07 Å². The lowest BCUT2D eigenvalue weighted by molar-refractivity contribution is -0.302. The van der Waals surface area contributed by atoms with Gasteiger partial charge in [0.1, 0.15) is 18.3 Å². The van der Waals surface area contributed by atoms with Crippen LogP contribution in [0.1, 0.15) is 25.0 Å². The van der Waals surface area contributed by atoms with Gasteiger partial charge < -0.3 is 33.7 Å². The van der Waals surface area contributed by atoms with E-state index in [-0.39, 0.29) is 12.1 Å². The summed E-state index contributed by atoms with van der Waals surface area (Å²) in [5.74, 6) is 0. The van der Waals surface area contributed by atoms with Crippen molar-refractivity contribution in [3.63, 3.8) is 0 Å². The molecule has 148 valence electrons. The normalized spacial score (nSPS) is 31.9. The van der Waals surface area contributed by atoms with Crippen LogP contribution in [0, 0.1) is 0 Å². The fourth-order valence-corrected chi connectivity index (χ4v) is 5.02. The van der Waals surface area contributed by atoms with E-state index in [1.165, 1.54) is 0 Å². The molecule has 5 atom stereocenters. The first-order valence-corrected chi connectivity index (χ1v) is 11.3. The Balaban J connectivity index is 1.49. The molecule has 0 radical (unpaired) electrons. The first-order valence-electron chi connectivity index (χ1n) is 9.09. The van der Waals surface area contributed by atoms with Crippen molar-refractivity contribution in [2.75, 3.05) is 39.1 Å². The number of aliphatic hydroxyl groups excluding tert-OH is 1. The van der Waals surface area contributed by atoms with E-state index in [0.717, 1.165) is 11.0 Å². The van der Waals surface area contributed by atoms with E-state index in [0.29, 0.717) is 33.0 Å². The molecule has 0 aliphatic carbocycles. The molecular weight excluding hydrogens is 377 g/mol. The third-order valence-corrected chi connectivity index (χ3v) is 6.90. The van der Waals surface area contributed by atoms with Crippen molar-refractivity contribution in [3.8, 4) is 0 Å². The third kappa shape index (κ3) is 5.22. The van der Waals surface area contributed by atoms with Gasteiger partial charge in [0.05, 0.1) is 37.3 Å². The fraction of sp³-hybridized carbons (Fsp3) is 0.765. The smallest absolute Gasteiger partial charge is 0.193 e. The lowest BCUT2D eigenvalue weighted by Crippen LogP contribution is -2.62. The fourth-order valence-electron chi connectivity index (χ4n) is 3.09. The second kappa shape index (κ2) is 10.4. The number of fused-ring (bicyclic) bond motifs is 1. The molecule has 9 heteroatoms. The Morgan fingerprint density at radius 1 is 1.27 bits per heavy atom. The van der Waals surface area contributed by atoms with Crippen molar-refractivity contribution in [1.29, 1.82) is 0 Å². The highest BCUT2D eigenvalue weighted by molar-refractivity contribution is 7.47. The van der Waals surface area contributed by atoms with Crippen molar-refractivity contribution in [3.05, 3.63) is 22.4 Å². The highest BCUT2D eigenvalue weighted by Crippen LogP contribution is 2.37. The zero-order valence-electron chi connectivity index (χ0n) is 15.2. The molecule has 0 saturated carbocycles. The van der Waals surface area contributed by atoms with Gasteiger partial charge in [0.15, 0.2) is 14.7 Å². The van der Waals surface area contributed by atoms with Crippen LogP contribution in [0.5, 0.6) is 0 Å². The molecule has 2 fully saturated rings. The Morgan fingerprint density at radius 3 is 2.77 bits per heavy atom. The first kappa shape index (κ1) is 20.6. The molecule has 2 aliphatic heterocycles. The highest BCUT2D eigenvalue weighted by atomic mass is 32.1. The van der Waals surface area contributed by atoms with Crippen molar-refractivity contribution in [2.45, 2.75) is 44.5 Å². The van der Waals surface area contributed by atoms with E-state index >= 15 is 0 Å². The number of ether oxygens (including phenoxy) is 3. The second-order valence-corrected chi connectivity index (χ2v) is 8.70. The summed E-state index contributed by atoms with van der Waals surface area (Å²) >= 11 is 1.58. The van der Waals surface area contributed by atoms with E-state index in [4.69, 9.17) is 23.3 Å². The Hall–Kier alpha value is -0.150. The Kier molecular flexibility index (Phi) is 8.24. The molecule has 2 saturated heterocycles. The molecule has 0 spiro atoms. The number of hydrogen-bond acceptors (Lipinski definition) is 8. The van der Waals surface area contributed by atoms with Crippen LogP contribution in [-0.2, 0) is 23.3 Å². The van der Waals surface area contributed by atoms with E-state index in [1.807, 2.05) is 31.4 Å². The van der Waals surface area contributed by atoms with E-state index < -0.39 is 26.9 Å². The van der Waals surface area contributed by atoms with Gasteiger partial charge in [-0.2, -0.15) is 0 Å². The summed E-state index contributed by atoms with van der Waals surface area (Å²) in [6.45, 7) is 6.77. The minimum absolute atomic E-state index is 0.182. The molecule has 2 aliphatic rings. The first-order chi connectivity index (χ1) is 12.7. The Bertz CT molecular complexity index is 515. The average molecular weight is 405 g/mol. The number of rotatable bonds is 9. The SMILES string of the molecule is CCOP(CCNC1COC2COC(c3cccs3)OC2C1O)OCC. The summed E-state index contributed by atoms with van der Waals surface area (Å²) in [7, 11) is -0.884. The molecule has 5 unspecified atom stereocenters. The summed E-state index contributed by atoms with van der Waals surface area (Å²) in [6, 6.07) is 3.76. The number of hydrogen-bond donors (Lipinski definition) is 2. The molecule has 3 heterocycles. The highest BCUT2D eigenvalue weighted by Gasteiger charge is 2.45. The van der Waals surface area contributed by atoms with Gasteiger partial charge in [0.25, 0.3) is 0 Å². The van der Waals surface area contributed by atoms with Crippen molar-refractivity contribution in [1.82, 2.24) is 5.32 Å². The monoisotopic (exact) mass is 405 g/mol. The molecule has 2 N–H and O–H groups in total. The van der Waals surface area contributed by atoms with Gasteiger partial charge in [-0.05, 0) is 25.3 Å². The molecule has 0 amide bonds. The molecular formula is C17H28NO6PS. The lowest BCUT2D eigenvalue weighted by atomic mass is 9.97. The molecule has 3 rings (SSSR count). The van der Waals surface area contributed by atoms with Crippen LogP contribution in [-0.4, -0.2) is 68.6 Å². The van der Waals surface area contributed by atoms with Crippen LogP contribution < -0.4 is 5.32 Å². The van der Waals surface area contributed by atoms with Crippen molar-refractivity contribution in [2.24, 2.45) is 0 Å². The maximum atomic E-state index is 10.8. The summed E-state index contributed by atoms with van der Waals surface area (Å²) in [6.07, 6.45) is -0.941. The maximum Gasteiger partial charge on any atom is 0.193 e. The molecule has 7 nitrogen and oxygen atoms in total. The minimum Gasteiger partial charge on any atom is -0.389 e. The van der Waals surface area contributed by atoms with Crippen LogP contribution >= 0.6 is 19.7 Å². The number of thiophene rings is 1. The van der Waals surface area contributed by atoms with Crippen LogP contribution in [0.4, 0.5) is 0 Å². The second-order valence-electron chi connectivity index (χ2n) is 6.10. The average Bonchev–Trinajstić information content (AvgIpc) is 3.18. The minimum atomic E-state index is -0.884. The zero-order valence-corrected chi connectivity index (χ0v) is 16.9. The summed E-state index contributed by atoms with van der Waals surface area (Å²) < 4.78 is 28.8.